The molecule has 0 unspecified atom stereocenters. The van der Waals surface area contributed by atoms with Gasteiger partial charge in [0, 0.05) is 4.88 Å². The fourth-order valence-corrected chi connectivity index (χ4v) is 1.96. The fraction of sp³-hybridized carbons (Fsp3) is 0.333. The van der Waals surface area contributed by atoms with Gasteiger partial charge in [-0.1, -0.05) is 5.16 Å². The summed E-state index contributed by atoms with van der Waals surface area (Å²) in [7, 11) is 0. The highest BCUT2D eigenvalue weighted by Crippen LogP contribution is 2.16. The van der Waals surface area contributed by atoms with E-state index in [-0.39, 0.29) is 0 Å². The minimum atomic E-state index is 0.482. The lowest BCUT2D eigenvalue weighted by atomic mass is 10.3. The third-order valence-corrected chi connectivity index (χ3v) is 2.92. The average Bonchev–Trinajstić information content (AvgIpc) is 2.72. The molecule has 0 spiro atoms. The van der Waals surface area contributed by atoms with Crippen LogP contribution in [-0.4, -0.2) is 10.1 Å². The van der Waals surface area contributed by atoms with E-state index in [1.54, 1.807) is 18.3 Å². The molecule has 14 heavy (non-hydrogen) atoms. The van der Waals surface area contributed by atoms with E-state index >= 15 is 0 Å². The first-order chi connectivity index (χ1) is 6.75. The maximum absolute atomic E-state index is 4.93. The highest BCUT2D eigenvalue weighted by Gasteiger charge is 2.03. The number of nitrogens with zero attached hydrogens (tertiary/aromatic N) is 2. The van der Waals surface area contributed by atoms with E-state index in [4.69, 9.17) is 4.52 Å². The summed E-state index contributed by atoms with van der Waals surface area (Å²) in [4.78, 5) is 5.35. The largest absolute Gasteiger partial charge is 0.333 e. The molecule has 1 N–H and O–H groups in total. The van der Waals surface area contributed by atoms with E-state index in [1.807, 2.05) is 0 Å². The Morgan fingerprint density at radius 2 is 2.36 bits per heavy atom. The summed E-state index contributed by atoms with van der Waals surface area (Å²) in [5, 5.41) is 8.85. The molecule has 0 bridgehead atoms. The Hall–Kier alpha value is -1.36. The van der Waals surface area contributed by atoms with Crippen LogP contribution in [-0.2, 0) is 6.54 Å². The van der Waals surface area contributed by atoms with Crippen LogP contribution in [0.3, 0.4) is 0 Å². The maximum Gasteiger partial charge on any atom is 0.321 e. The molecule has 0 fully saturated rings. The zero-order valence-corrected chi connectivity index (χ0v) is 8.89. The van der Waals surface area contributed by atoms with Gasteiger partial charge in [0.15, 0.2) is 5.82 Å². The summed E-state index contributed by atoms with van der Waals surface area (Å²) in [6, 6.07) is 2.58. The van der Waals surface area contributed by atoms with Crippen molar-refractivity contribution < 1.29 is 4.52 Å². The third kappa shape index (κ3) is 1.93. The Morgan fingerprint density at radius 1 is 1.50 bits per heavy atom. The van der Waals surface area contributed by atoms with Crippen LogP contribution < -0.4 is 5.32 Å². The van der Waals surface area contributed by atoms with Gasteiger partial charge in [-0.3, -0.25) is 0 Å². The molecule has 0 atom stereocenters. The molecule has 4 nitrogen and oxygen atoms in total. The number of rotatable bonds is 3. The Labute approximate surface area is 86.0 Å². The van der Waals surface area contributed by atoms with Crippen LogP contribution in [0.25, 0.3) is 0 Å². The van der Waals surface area contributed by atoms with Gasteiger partial charge in [-0.15, -0.1) is 11.3 Å². The smallest absolute Gasteiger partial charge is 0.321 e. The highest BCUT2D eigenvalue weighted by molar-refractivity contribution is 7.10. The number of thiophene rings is 1. The lowest BCUT2D eigenvalue weighted by Crippen LogP contribution is -1.98. The summed E-state index contributed by atoms with van der Waals surface area (Å²) in [6.45, 7) is 4.63. The molecule has 5 heteroatoms. The second kappa shape index (κ2) is 3.79. The summed E-state index contributed by atoms with van der Waals surface area (Å²) < 4.78 is 4.93. The van der Waals surface area contributed by atoms with E-state index in [9.17, 15) is 0 Å². The summed E-state index contributed by atoms with van der Waals surface area (Å²) in [6.07, 6.45) is 0. The van der Waals surface area contributed by atoms with Gasteiger partial charge in [-0.2, -0.15) is 4.98 Å². The van der Waals surface area contributed by atoms with E-state index in [0.717, 1.165) is 6.54 Å². The first kappa shape index (κ1) is 9.21. The summed E-state index contributed by atoms with van der Waals surface area (Å²) in [5.41, 5.74) is 1.29. The van der Waals surface area contributed by atoms with Crippen LogP contribution in [0.4, 0.5) is 6.01 Å². The molecule has 0 aromatic carbocycles. The number of anilines is 1. The van der Waals surface area contributed by atoms with Crippen LogP contribution in [0.2, 0.25) is 0 Å². The Bertz CT molecular complexity index is 421. The minimum absolute atomic E-state index is 0.482. The van der Waals surface area contributed by atoms with E-state index in [2.05, 4.69) is 33.8 Å². The molecule has 2 aromatic heterocycles. The summed E-state index contributed by atoms with van der Waals surface area (Å²) >= 11 is 1.72. The van der Waals surface area contributed by atoms with Gasteiger partial charge in [0.05, 0.1) is 6.54 Å². The van der Waals surface area contributed by atoms with Crippen molar-refractivity contribution in [2.75, 3.05) is 5.32 Å². The van der Waals surface area contributed by atoms with E-state index in [0.29, 0.717) is 11.8 Å². The van der Waals surface area contributed by atoms with Gasteiger partial charge in [0.2, 0.25) is 0 Å². The second-order valence-electron chi connectivity index (χ2n) is 3.03. The summed E-state index contributed by atoms with van der Waals surface area (Å²) in [5.74, 6) is 0.649. The Kier molecular flexibility index (Phi) is 2.49. The van der Waals surface area contributed by atoms with Gasteiger partial charge in [0.1, 0.15) is 0 Å². The molecule has 2 aromatic rings. The second-order valence-corrected chi connectivity index (χ2v) is 4.03. The number of nitrogens with one attached hydrogen (secondary N) is 1. The maximum atomic E-state index is 4.93. The number of hydrogen-bond acceptors (Lipinski definition) is 5. The van der Waals surface area contributed by atoms with Crippen molar-refractivity contribution >= 4 is 17.4 Å². The number of aromatic nitrogens is 2. The topological polar surface area (TPSA) is 51.0 Å². The normalized spacial score (nSPS) is 10.4. The Morgan fingerprint density at radius 3 is 2.93 bits per heavy atom. The molecule has 0 aliphatic carbocycles. The molecule has 74 valence electrons. The highest BCUT2D eigenvalue weighted by atomic mass is 32.1. The Balaban J connectivity index is 1.98. The van der Waals surface area contributed by atoms with Gasteiger partial charge < -0.3 is 9.84 Å². The average molecular weight is 209 g/mol. The van der Waals surface area contributed by atoms with Crippen LogP contribution in [0.5, 0.6) is 0 Å². The lowest BCUT2D eigenvalue weighted by Gasteiger charge is -1.98. The van der Waals surface area contributed by atoms with Crippen molar-refractivity contribution in [3.63, 3.8) is 0 Å². The van der Waals surface area contributed by atoms with Crippen molar-refractivity contribution in [3.05, 3.63) is 27.7 Å². The first-order valence-electron chi connectivity index (χ1n) is 4.33. The minimum Gasteiger partial charge on any atom is -0.333 e. The van der Waals surface area contributed by atoms with Crippen molar-refractivity contribution in [3.8, 4) is 0 Å². The predicted molar refractivity (Wildman–Crippen MR) is 55.4 cm³/mol. The molecule has 2 rings (SSSR count). The molecule has 0 aliphatic rings. The van der Waals surface area contributed by atoms with Gasteiger partial charge in [0.25, 0.3) is 0 Å². The van der Waals surface area contributed by atoms with Crippen molar-refractivity contribution in [2.45, 2.75) is 20.4 Å². The van der Waals surface area contributed by atoms with Gasteiger partial charge in [-0.05, 0) is 30.9 Å². The SMILES string of the molecule is Cc1noc(NCc2sccc2C)n1. The molecular formula is C9H11N3OS. The zero-order valence-electron chi connectivity index (χ0n) is 8.07. The fourth-order valence-electron chi connectivity index (χ4n) is 1.11. The van der Waals surface area contributed by atoms with Crippen molar-refractivity contribution in [1.29, 1.82) is 0 Å². The lowest BCUT2D eigenvalue weighted by molar-refractivity contribution is 0.425. The van der Waals surface area contributed by atoms with Crippen LogP contribution in [0, 0.1) is 13.8 Å². The van der Waals surface area contributed by atoms with E-state index < -0.39 is 0 Å². The molecule has 0 saturated carbocycles. The third-order valence-electron chi connectivity index (χ3n) is 1.90. The molecular weight excluding hydrogens is 198 g/mol. The molecule has 0 amide bonds. The monoisotopic (exact) mass is 209 g/mol. The standard InChI is InChI=1S/C9H11N3OS/c1-6-3-4-14-8(6)5-10-9-11-7(2)12-13-9/h3-4H,5H2,1-2H3,(H,10,11,12). The molecule has 0 aliphatic heterocycles. The van der Waals surface area contributed by atoms with Gasteiger partial charge >= 0.3 is 6.01 Å². The van der Waals surface area contributed by atoms with Crippen molar-refractivity contribution in [2.24, 2.45) is 0 Å². The van der Waals surface area contributed by atoms with Crippen LogP contribution in [0.1, 0.15) is 16.3 Å². The molecule has 0 saturated heterocycles. The van der Waals surface area contributed by atoms with Crippen LogP contribution in [0.15, 0.2) is 16.0 Å². The van der Waals surface area contributed by atoms with Gasteiger partial charge in [-0.25, -0.2) is 0 Å². The van der Waals surface area contributed by atoms with Crippen LogP contribution >= 0.6 is 11.3 Å². The molecule has 2 heterocycles. The number of hydrogen-bond donors (Lipinski definition) is 1. The zero-order chi connectivity index (χ0) is 9.97. The van der Waals surface area contributed by atoms with E-state index in [1.165, 1.54) is 10.4 Å². The first-order valence-corrected chi connectivity index (χ1v) is 5.21. The quantitative estimate of drug-likeness (QED) is 0.843. The molecule has 0 radical (unpaired) electrons. The van der Waals surface area contributed by atoms with Crippen molar-refractivity contribution in [1.82, 2.24) is 10.1 Å². The predicted octanol–water partition coefficient (Wildman–Crippen LogP) is 2.36. The number of aryl methyl sites for hydroxylation is 2.